The minimum atomic E-state index is -1.25. The van der Waals surface area contributed by atoms with E-state index in [4.69, 9.17) is 9.15 Å². The van der Waals surface area contributed by atoms with Crippen LogP contribution in [0, 0.1) is 0 Å². The summed E-state index contributed by atoms with van der Waals surface area (Å²) < 4.78 is 11.5. The number of morpholine rings is 1. The first-order valence-corrected chi connectivity index (χ1v) is 12.8. The molecule has 0 aliphatic carbocycles. The minimum Gasteiger partial charge on any atom is -0.507 e. The molecule has 0 spiro atoms. The van der Waals surface area contributed by atoms with Crippen LogP contribution >= 0.6 is 0 Å². The minimum absolute atomic E-state index is 0.000661. The first-order valence-electron chi connectivity index (χ1n) is 12.8. The molecule has 1 aromatic heterocycles. The summed E-state index contributed by atoms with van der Waals surface area (Å²) in [6.07, 6.45) is 1.71. The molecule has 0 saturated carbocycles. The van der Waals surface area contributed by atoms with Crippen molar-refractivity contribution in [2.75, 3.05) is 43.1 Å². The number of benzene rings is 3. The average Bonchev–Trinajstić information content (AvgIpc) is 3.57. The monoisotopic (exact) mass is 541 g/mol. The molecule has 204 valence electrons. The maximum atomic E-state index is 12.8. The zero-order valence-electron chi connectivity index (χ0n) is 21.4. The van der Waals surface area contributed by atoms with Gasteiger partial charge in [-0.15, -0.1) is 5.53 Å². The second-order valence-electron chi connectivity index (χ2n) is 9.44. The van der Waals surface area contributed by atoms with Crippen LogP contribution in [0.4, 0.5) is 11.4 Å². The molecule has 2 aliphatic heterocycles. The number of rotatable bonds is 7. The molecule has 0 unspecified atom stereocenters. The number of hydrazine groups is 2. The summed E-state index contributed by atoms with van der Waals surface area (Å²) in [7, 11) is 0. The summed E-state index contributed by atoms with van der Waals surface area (Å²) in [5.74, 6) is -1.38. The van der Waals surface area contributed by atoms with Gasteiger partial charge in [-0.2, -0.15) is 0 Å². The Morgan fingerprint density at radius 2 is 1.75 bits per heavy atom. The number of furan rings is 1. The number of carbonyl (C=O) groups excluding carboxylic acids is 1. The quantitative estimate of drug-likeness (QED) is 0.236. The molecule has 2 aliphatic rings. The fourth-order valence-corrected chi connectivity index (χ4v) is 4.86. The van der Waals surface area contributed by atoms with E-state index in [1.165, 1.54) is 12.1 Å². The Morgan fingerprint density at radius 3 is 2.48 bits per heavy atom. The van der Waals surface area contributed by atoms with Crippen LogP contribution in [-0.2, 0) is 9.53 Å². The largest absolute Gasteiger partial charge is 0.507 e. The number of phenols is 1. The molecule has 0 bridgehead atoms. The van der Waals surface area contributed by atoms with E-state index in [0.29, 0.717) is 46.9 Å². The van der Waals surface area contributed by atoms with Gasteiger partial charge >= 0.3 is 5.97 Å². The van der Waals surface area contributed by atoms with Gasteiger partial charge in [0.05, 0.1) is 24.5 Å². The molecule has 0 atom stereocenters. The highest BCUT2D eigenvalue weighted by atomic mass is 16.5. The molecule has 0 radical (unpaired) electrons. The van der Waals surface area contributed by atoms with Gasteiger partial charge in [0.1, 0.15) is 29.2 Å². The van der Waals surface area contributed by atoms with Crippen molar-refractivity contribution < 1.29 is 29.0 Å². The SMILES string of the molecule is O=C(CN1C=C(c2c(-c3ccccc3)oc3cc(O)c(C(=O)O)cc23)NN1)Nc1ccc(N2CCOCC2)cc1. The Balaban J connectivity index is 1.23. The average molecular weight is 542 g/mol. The highest BCUT2D eigenvalue weighted by Gasteiger charge is 2.26. The maximum Gasteiger partial charge on any atom is 0.339 e. The predicted molar refractivity (Wildman–Crippen MR) is 149 cm³/mol. The number of aromatic hydroxyl groups is 1. The van der Waals surface area contributed by atoms with Gasteiger partial charge in [-0.1, -0.05) is 30.3 Å². The molecule has 40 heavy (non-hydrogen) atoms. The summed E-state index contributed by atoms with van der Waals surface area (Å²) in [6.45, 7) is 3.08. The Morgan fingerprint density at radius 1 is 1.00 bits per heavy atom. The summed E-state index contributed by atoms with van der Waals surface area (Å²) in [6, 6.07) is 19.7. The number of hydrogen-bond donors (Lipinski definition) is 5. The van der Waals surface area contributed by atoms with Gasteiger partial charge < -0.3 is 35.0 Å². The Hall–Kier alpha value is -5.00. The lowest BCUT2D eigenvalue weighted by Crippen LogP contribution is -2.40. The third-order valence-electron chi connectivity index (χ3n) is 6.80. The number of nitrogens with one attached hydrogen (secondary N) is 3. The van der Waals surface area contributed by atoms with Crippen molar-refractivity contribution >= 4 is 39.9 Å². The topological polar surface area (TPSA) is 140 Å². The lowest BCUT2D eigenvalue weighted by atomic mass is 10.0. The lowest BCUT2D eigenvalue weighted by molar-refractivity contribution is -0.117. The fraction of sp³-hybridized carbons (Fsp3) is 0.172. The first-order chi connectivity index (χ1) is 19.5. The third kappa shape index (κ3) is 5.03. The van der Waals surface area contributed by atoms with Crippen LogP contribution in [0.1, 0.15) is 15.9 Å². The van der Waals surface area contributed by atoms with E-state index in [1.54, 1.807) is 11.2 Å². The fourth-order valence-electron chi connectivity index (χ4n) is 4.86. The summed E-state index contributed by atoms with van der Waals surface area (Å²) in [5.41, 5.74) is 9.81. The highest BCUT2D eigenvalue weighted by molar-refractivity contribution is 6.03. The van der Waals surface area contributed by atoms with Crippen LogP contribution in [0.3, 0.4) is 0 Å². The number of amides is 1. The van der Waals surface area contributed by atoms with E-state index in [0.717, 1.165) is 24.3 Å². The smallest absolute Gasteiger partial charge is 0.339 e. The normalized spacial score (nSPS) is 15.2. The molecular formula is C29H27N5O6. The number of nitrogens with zero attached hydrogens (tertiary/aromatic N) is 2. The molecule has 4 aromatic rings. The van der Waals surface area contributed by atoms with Gasteiger partial charge in [0.25, 0.3) is 0 Å². The second kappa shape index (κ2) is 10.6. The van der Waals surface area contributed by atoms with E-state index < -0.39 is 5.97 Å². The van der Waals surface area contributed by atoms with Crippen LogP contribution in [0.5, 0.6) is 5.75 Å². The van der Waals surface area contributed by atoms with Crippen molar-refractivity contribution in [3.8, 4) is 17.1 Å². The van der Waals surface area contributed by atoms with E-state index >= 15 is 0 Å². The van der Waals surface area contributed by atoms with E-state index in [1.807, 2.05) is 54.6 Å². The number of fused-ring (bicyclic) bond motifs is 1. The number of aromatic carboxylic acids is 1. The van der Waals surface area contributed by atoms with Gasteiger partial charge in [-0.05, 0) is 30.3 Å². The van der Waals surface area contributed by atoms with E-state index in [9.17, 15) is 19.8 Å². The summed E-state index contributed by atoms with van der Waals surface area (Å²) in [5, 5.41) is 24.8. The highest BCUT2D eigenvalue weighted by Crippen LogP contribution is 2.40. The van der Waals surface area contributed by atoms with Gasteiger partial charge in [0, 0.05) is 47.7 Å². The number of hydrogen-bond acceptors (Lipinski definition) is 9. The molecule has 11 nitrogen and oxygen atoms in total. The van der Waals surface area contributed by atoms with Gasteiger partial charge in [-0.3, -0.25) is 9.80 Å². The van der Waals surface area contributed by atoms with E-state index in [-0.39, 0.29) is 23.8 Å². The standard InChI is InChI=1S/C29H27N5O6/c35-24-15-25-22(14-21(24)29(37)38)27(28(40-25)18-4-2-1-3-5-18)23-16-34(32-31-23)17-26(36)30-19-6-8-20(9-7-19)33-10-12-39-13-11-33/h1-9,14-16,31-32,35H,10-13,17H2,(H,30,36)(H,37,38). The molecule has 6 rings (SSSR count). The molecule has 1 saturated heterocycles. The molecular weight excluding hydrogens is 514 g/mol. The first kappa shape index (κ1) is 25.3. The molecule has 11 heteroatoms. The van der Waals surface area contributed by atoms with Crippen LogP contribution in [-0.4, -0.2) is 59.9 Å². The zero-order valence-corrected chi connectivity index (χ0v) is 21.4. The molecule has 5 N–H and O–H groups in total. The number of carbonyl (C=O) groups is 2. The third-order valence-corrected chi connectivity index (χ3v) is 6.80. The predicted octanol–water partition coefficient (Wildman–Crippen LogP) is 3.60. The lowest BCUT2D eigenvalue weighted by Gasteiger charge is -2.28. The second-order valence-corrected chi connectivity index (χ2v) is 9.44. The van der Waals surface area contributed by atoms with Crippen molar-refractivity contribution in [2.45, 2.75) is 0 Å². The van der Waals surface area contributed by atoms with Gasteiger partial charge in [0.2, 0.25) is 5.91 Å². The van der Waals surface area contributed by atoms with Crippen LogP contribution in [0.2, 0.25) is 0 Å². The number of ether oxygens (including phenoxy) is 1. The van der Waals surface area contributed by atoms with Crippen molar-refractivity contribution in [2.24, 2.45) is 0 Å². The summed E-state index contributed by atoms with van der Waals surface area (Å²) >= 11 is 0. The maximum absolute atomic E-state index is 12.8. The van der Waals surface area contributed by atoms with Gasteiger partial charge in [0.15, 0.2) is 0 Å². The zero-order chi connectivity index (χ0) is 27.6. The van der Waals surface area contributed by atoms with Crippen LogP contribution in [0.25, 0.3) is 28.0 Å². The number of carboxylic acid groups (broad SMARTS) is 1. The van der Waals surface area contributed by atoms with Gasteiger partial charge in [-0.25, -0.2) is 4.79 Å². The molecule has 3 aromatic carbocycles. The van der Waals surface area contributed by atoms with Crippen molar-refractivity contribution in [1.29, 1.82) is 0 Å². The van der Waals surface area contributed by atoms with E-state index in [2.05, 4.69) is 21.2 Å². The summed E-state index contributed by atoms with van der Waals surface area (Å²) in [4.78, 5) is 26.8. The van der Waals surface area contributed by atoms with Crippen LogP contribution in [0.15, 0.2) is 77.3 Å². The molecule has 1 fully saturated rings. The van der Waals surface area contributed by atoms with Crippen LogP contribution < -0.4 is 21.2 Å². The Labute approximate surface area is 229 Å². The van der Waals surface area contributed by atoms with Crippen molar-refractivity contribution in [3.63, 3.8) is 0 Å². The molecule has 1 amide bonds. The Kier molecular flexibility index (Phi) is 6.72. The molecule has 3 heterocycles. The Bertz CT molecular complexity index is 1590. The number of carboxylic acids is 1. The van der Waals surface area contributed by atoms with Crippen molar-refractivity contribution in [1.82, 2.24) is 16.0 Å². The number of anilines is 2. The van der Waals surface area contributed by atoms with Crippen molar-refractivity contribution in [3.05, 3.63) is 84.1 Å².